The maximum Gasteiger partial charge on any atom is 0.168 e. The topological polar surface area (TPSA) is 50.1 Å². The standard InChI is InChI=1S/C23H23ClN6/c1-16-4-3-5-21(17(16)2)28-10-12-29(13-11-28)22-20-14-27-30(23(20)26-15-25-22)19-8-6-18(24)7-9-19/h3-9,14-15H,10-13H2,1-2H3. The lowest BCUT2D eigenvalue weighted by atomic mass is 10.1. The van der Waals surface area contributed by atoms with Crippen LogP contribution in [0.5, 0.6) is 0 Å². The molecule has 0 amide bonds. The summed E-state index contributed by atoms with van der Waals surface area (Å²) in [5.74, 6) is 0.945. The van der Waals surface area contributed by atoms with Crippen molar-refractivity contribution >= 4 is 34.1 Å². The van der Waals surface area contributed by atoms with E-state index in [-0.39, 0.29) is 0 Å². The fourth-order valence-corrected chi connectivity index (χ4v) is 4.22. The van der Waals surface area contributed by atoms with Crippen molar-refractivity contribution in [3.05, 3.63) is 71.1 Å². The number of hydrogen-bond donors (Lipinski definition) is 0. The summed E-state index contributed by atoms with van der Waals surface area (Å²) in [5, 5.41) is 6.24. The van der Waals surface area contributed by atoms with E-state index in [0.717, 1.165) is 48.7 Å². The molecular formula is C23H23ClN6. The van der Waals surface area contributed by atoms with Crippen molar-refractivity contribution in [2.45, 2.75) is 13.8 Å². The second kappa shape index (κ2) is 7.61. The Bertz CT molecular complexity index is 1190. The third-order valence-corrected chi connectivity index (χ3v) is 6.16. The zero-order valence-electron chi connectivity index (χ0n) is 17.1. The minimum Gasteiger partial charge on any atom is -0.368 e. The molecule has 1 saturated heterocycles. The summed E-state index contributed by atoms with van der Waals surface area (Å²) in [4.78, 5) is 13.9. The maximum atomic E-state index is 6.03. The number of benzene rings is 2. The molecule has 2 aromatic carbocycles. The van der Waals surface area contributed by atoms with Gasteiger partial charge >= 0.3 is 0 Å². The van der Waals surface area contributed by atoms with Crippen LogP contribution in [-0.4, -0.2) is 45.9 Å². The highest BCUT2D eigenvalue weighted by molar-refractivity contribution is 6.30. The van der Waals surface area contributed by atoms with E-state index in [4.69, 9.17) is 11.6 Å². The van der Waals surface area contributed by atoms with Crippen LogP contribution in [0.3, 0.4) is 0 Å². The van der Waals surface area contributed by atoms with Gasteiger partial charge in [-0.25, -0.2) is 14.6 Å². The van der Waals surface area contributed by atoms with Crippen LogP contribution in [0.15, 0.2) is 55.0 Å². The van der Waals surface area contributed by atoms with Crippen LogP contribution in [0.4, 0.5) is 11.5 Å². The molecule has 1 aliphatic rings. The number of nitrogens with zero attached hydrogens (tertiary/aromatic N) is 6. The molecule has 0 saturated carbocycles. The first kappa shape index (κ1) is 18.9. The molecule has 0 N–H and O–H groups in total. The monoisotopic (exact) mass is 418 g/mol. The molecular weight excluding hydrogens is 396 g/mol. The Balaban J connectivity index is 1.41. The number of halogens is 1. The van der Waals surface area contributed by atoms with Crippen molar-refractivity contribution in [1.29, 1.82) is 0 Å². The van der Waals surface area contributed by atoms with Crippen molar-refractivity contribution in [3.63, 3.8) is 0 Å². The molecule has 1 fully saturated rings. The van der Waals surface area contributed by atoms with Crippen LogP contribution >= 0.6 is 11.6 Å². The van der Waals surface area contributed by atoms with Crippen LogP contribution in [0.2, 0.25) is 5.02 Å². The minimum atomic E-state index is 0.701. The Morgan fingerprint density at radius 3 is 2.37 bits per heavy atom. The van der Waals surface area contributed by atoms with Gasteiger partial charge in [0.1, 0.15) is 12.1 Å². The van der Waals surface area contributed by atoms with E-state index in [2.05, 4.69) is 56.9 Å². The number of piperazine rings is 1. The van der Waals surface area contributed by atoms with Crippen LogP contribution in [0.1, 0.15) is 11.1 Å². The van der Waals surface area contributed by atoms with Gasteiger partial charge in [0.25, 0.3) is 0 Å². The summed E-state index contributed by atoms with van der Waals surface area (Å²) in [6, 6.07) is 14.1. The Morgan fingerprint density at radius 1 is 0.867 bits per heavy atom. The SMILES string of the molecule is Cc1cccc(N2CCN(c3ncnc4c3cnn4-c3ccc(Cl)cc3)CC2)c1C. The third-order valence-electron chi connectivity index (χ3n) is 5.91. The fourth-order valence-electron chi connectivity index (χ4n) is 4.09. The van der Waals surface area contributed by atoms with Gasteiger partial charge in [0, 0.05) is 36.9 Å². The normalized spacial score (nSPS) is 14.5. The summed E-state index contributed by atoms with van der Waals surface area (Å²) in [6.07, 6.45) is 3.49. The number of aryl methyl sites for hydroxylation is 1. The summed E-state index contributed by atoms with van der Waals surface area (Å²) in [5.41, 5.74) is 5.76. The molecule has 0 aliphatic carbocycles. The average molecular weight is 419 g/mol. The Kier molecular flexibility index (Phi) is 4.79. The number of anilines is 2. The van der Waals surface area contributed by atoms with E-state index in [9.17, 15) is 0 Å². The summed E-state index contributed by atoms with van der Waals surface area (Å²) in [7, 11) is 0. The van der Waals surface area contributed by atoms with Crippen LogP contribution < -0.4 is 9.80 Å². The highest BCUT2D eigenvalue weighted by Crippen LogP contribution is 2.28. The smallest absolute Gasteiger partial charge is 0.168 e. The number of rotatable bonds is 3. The Labute approximate surface area is 180 Å². The second-order valence-electron chi connectivity index (χ2n) is 7.66. The first-order valence-corrected chi connectivity index (χ1v) is 10.5. The zero-order chi connectivity index (χ0) is 20.7. The van der Waals surface area contributed by atoms with Crippen molar-refractivity contribution in [2.24, 2.45) is 0 Å². The summed E-state index contributed by atoms with van der Waals surface area (Å²) < 4.78 is 1.84. The van der Waals surface area contributed by atoms with Crippen molar-refractivity contribution in [3.8, 4) is 5.69 Å². The Hall–Kier alpha value is -3.12. The predicted molar refractivity (Wildman–Crippen MR) is 122 cm³/mol. The Morgan fingerprint density at radius 2 is 1.60 bits per heavy atom. The van der Waals surface area contributed by atoms with E-state index in [1.165, 1.54) is 16.8 Å². The van der Waals surface area contributed by atoms with Crippen LogP contribution in [0.25, 0.3) is 16.7 Å². The highest BCUT2D eigenvalue weighted by Gasteiger charge is 2.22. The molecule has 5 rings (SSSR count). The molecule has 4 aromatic rings. The van der Waals surface area contributed by atoms with Crippen LogP contribution in [0, 0.1) is 13.8 Å². The van der Waals surface area contributed by atoms with Crippen molar-refractivity contribution < 1.29 is 0 Å². The van der Waals surface area contributed by atoms with Crippen LogP contribution in [-0.2, 0) is 0 Å². The van der Waals surface area contributed by atoms with Gasteiger partial charge in [-0.1, -0.05) is 23.7 Å². The average Bonchev–Trinajstić information content (AvgIpc) is 3.21. The number of hydrogen-bond acceptors (Lipinski definition) is 5. The van der Waals surface area contributed by atoms with Gasteiger partial charge in [-0.2, -0.15) is 5.10 Å². The molecule has 1 aliphatic heterocycles. The molecule has 0 spiro atoms. The van der Waals surface area contributed by atoms with E-state index >= 15 is 0 Å². The predicted octanol–water partition coefficient (Wildman–Crippen LogP) is 4.41. The summed E-state index contributed by atoms with van der Waals surface area (Å²) >= 11 is 6.03. The van der Waals surface area contributed by atoms with E-state index in [1.54, 1.807) is 6.33 Å². The maximum absolute atomic E-state index is 6.03. The first-order valence-electron chi connectivity index (χ1n) is 10.1. The van der Waals surface area contributed by atoms with Crippen molar-refractivity contribution in [2.75, 3.05) is 36.0 Å². The van der Waals surface area contributed by atoms with E-state index in [1.807, 2.05) is 35.1 Å². The quantitative estimate of drug-likeness (QED) is 0.493. The third kappa shape index (κ3) is 3.27. The largest absolute Gasteiger partial charge is 0.368 e. The lowest BCUT2D eigenvalue weighted by Gasteiger charge is -2.37. The van der Waals surface area contributed by atoms with Gasteiger partial charge in [-0.05, 0) is 55.3 Å². The van der Waals surface area contributed by atoms with E-state index in [0.29, 0.717) is 5.02 Å². The minimum absolute atomic E-state index is 0.701. The molecule has 152 valence electrons. The zero-order valence-corrected chi connectivity index (χ0v) is 17.8. The molecule has 0 bridgehead atoms. The molecule has 0 unspecified atom stereocenters. The fraction of sp³-hybridized carbons (Fsp3) is 0.261. The van der Waals surface area contributed by atoms with Gasteiger partial charge in [0.2, 0.25) is 0 Å². The lowest BCUT2D eigenvalue weighted by molar-refractivity contribution is 0.647. The number of fused-ring (bicyclic) bond motifs is 1. The van der Waals surface area contributed by atoms with E-state index < -0.39 is 0 Å². The molecule has 30 heavy (non-hydrogen) atoms. The first-order chi connectivity index (χ1) is 14.6. The molecule has 0 radical (unpaired) electrons. The van der Waals surface area contributed by atoms with Crippen molar-refractivity contribution in [1.82, 2.24) is 19.7 Å². The van der Waals surface area contributed by atoms with Gasteiger partial charge in [0.05, 0.1) is 17.3 Å². The van der Waals surface area contributed by atoms with Gasteiger partial charge in [-0.3, -0.25) is 0 Å². The van der Waals surface area contributed by atoms with Gasteiger partial charge < -0.3 is 9.80 Å². The molecule has 0 atom stereocenters. The number of aromatic nitrogens is 4. The molecule has 6 nitrogen and oxygen atoms in total. The van der Waals surface area contributed by atoms with Gasteiger partial charge in [-0.15, -0.1) is 0 Å². The van der Waals surface area contributed by atoms with Gasteiger partial charge in [0.15, 0.2) is 5.65 Å². The summed E-state index contributed by atoms with van der Waals surface area (Å²) in [6.45, 7) is 8.11. The molecule has 3 heterocycles. The molecule has 7 heteroatoms. The second-order valence-corrected chi connectivity index (χ2v) is 8.10. The lowest BCUT2D eigenvalue weighted by Crippen LogP contribution is -2.47. The highest BCUT2D eigenvalue weighted by atomic mass is 35.5. The molecule has 2 aromatic heterocycles.